The van der Waals surface area contributed by atoms with Crippen LogP contribution >= 0.6 is 0 Å². The Hall–Kier alpha value is -2.69. The molecule has 0 unspecified atom stereocenters. The van der Waals surface area contributed by atoms with Crippen molar-refractivity contribution in [1.82, 2.24) is 9.38 Å². The van der Waals surface area contributed by atoms with Gasteiger partial charge in [-0.15, -0.1) is 0 Å². The molecule has 3 rings (SSSR count). The Kier molecular flexibility index (Phi) is 3.87. The number of benzene rings is 1. The fraction of sp³-hybridized carbons (Fsp3) is 0.176. The van der Waals surface area contributed by atoms with Gasteiger partial charge in [-0.25, -0.2) is 9.37 Å². The van der Waals surface area contributed by atoms with Gasteiger partial charge in [0.2, 0.25) is 5.91 Å². The molecule has 0 fully saturated rings. The number of halogens is 1. The highest BCUT2D eigenvalue weighted by Crippen LogP contribution is 2.12. The third kappa shape index (κ3) is 3.31. The fourth-order valence-electron chi connectivity index (χ4n) is 2.33. The Morgan fingerprint density at radius 2 is 1.95 bits per heavy atom. The van der Waals surface area contributed by atoms with Gasteiger partial charge in [0.25, 0.3) is 0 Å². The molecule has 0 saturated heterocycles. The van der Waals surface area contributed by atoms with E-state index in [9.17, 15) is 9.18 Å². The van der Waals surface area contributed by atoms with Gasteiger partial charge in [0.05, 0.1) is 11.4 Å². The number of carbonyl (C=O) groups is 1. The van der Waals surface area contributed by atoms with Gasteiger partial charge in [0.1, 0.15) is 11.5 Å². The predicted octanol–water partition coefficient (Wildman–Crippen LogP) is 3.35. The highest BCUT2D eigenvalue weighted by Gasteiger charge is 2.05. The lowest BCUT2D eigenvalue weighted by Crippen LogP contribution is -2.12. The van der Waals surface area contributed by atoms with Crippen LogP contribution in [0.1, 0.15) is 17.7 Å². The Morgan fingerprint density at radius 1 is 1.18 bits per heavy atom. The van der Waals surface area contributed by atoms with Crippen molar-refractivity contribution in [3.8, 4) is 0 Å². The Morgan fingerprint density at radius 3 is 2.73 bits per heavy atom. The molecule has 4 nitrogen and oxygen atoms in total. The molecular weight excluding hydrogens is 281 g/mol. The standard InChI is InChI=1S/C17H16FN3O/c1-12-10-21-11-15(7-8-16(21)19-12)20-17(22)9-4-13-2-5-14(18)6-3-13/h2-3,5-8,10-11H,4,9H2,1H3,(H,20,22). The van der Waals surface area contributed by atoms with Crippen molar-refractivity contribution < 1.29 is 9.18 Å². The van der Waals surface area contributed by atoms with Crippen molar-refractivity contribution in [2.45, 2.75) is 19.8 Å². The average molecular weight is 297 g/mol. The summed E-state index contributed by atoms with van der Waals surface area (Å²) in [6.45, 7) is 1.92. The lowest BCUT2D eigenvalue weighted by molar-refractivity contribution is -0.116. The predicted molar refractivity (Wildman–Crippen MR) is 83.3 cm³/mol. The molecule has 0 spiro atoms. The monoisotopic (exact) mass is 297 g/mol. The first kappa shape index (κ1) is 14.3. The lowest BCUT2D eigenvalue weighted by atomic mass is 10.1. The SMILES string of the molecule is Cc1cn2cc(NC(=O)CCc3ccc(F)cc3)ccc2n1. The number of anilines is 1. The van der Waals surface area contributed by atoms with E-state index in [1.165, 1.54) is 12.1 Å². The average Bonchev–Trinajstić information content (AvgIpc) is 2.86. The van der Waals surface area contributed by atoms with Crippen LogP contribution in [0.5, 0.6) is 0 Å². The van der Waals surface area contributed by atoms with Crippen LogP contribution in [-0.4, -0.2) is 15.3 Å². The van der Waals surface area contributed by atoms with Gasteiger partial charge in [-0.2, -0.15) is 0 Å². The maximum absolute atomic E-state index is 12.8. The Labute approximate surface area is 127 Å². The van der Waals surface area contributed by atoms with Crippen molar-refractivity contribution in [3.05, 3.63) is 65.9 Å². The minimum Gasteiger partial charge on any atom is -0.325 e. The molecule has 2 aromatic heterocycles. The van der Waals surface area contributed by atoms with Crippen LogP contribution in [0.25, 0.3) is 5.65 Å². The van der Waals surface area contributed by atoms with Crippen LogP contribution in [0.3, 0.4) is 0 Å². The molecule has 22 heavy (non-hydrogen) atoms. The zero-order valence-electron chi connectivity index (χ0n) is 12.2. The smallest absolute Gasteiger partial charge is 0.224 e. The highest BCUT2D eigenvalue weighted by molar-refractivity contribution is 5.90. The molecule has 0 bridgehead atoms. The summed E-state index contributed by atoms with van der Waals surface area (Å²) in [7, 11) is 0. The number of aryl methyl sites for hydroxylation is 2. The third-order valence-electron chi connectivity index (χ3n) is 3.41. The first-order valence-corrected chi connectivity index (χ1v) is 7.10. The largest absolute Gasteiger partial charge is 0.325 e. The van der Waals surface area contributed by atoms with Crippen molar-refractivity contribution in [2.75, 3.05) is 5.32 Å². The molecule has 1 amide bonds. The van der Waals surface area contributed by atoms with Crippen molar-refractivity contribution >= 4 is 17.2 Å². The van der Waals surface area contributed by atoms with Gasteiger partial charge in [0, 0.05) is 18.8 Å². The summed E-state index contributed by atoms with van der Waals surface area (Å²) in [5, 5.41) is 2.86. The summed E-state index contributed by atoms with van der Waals surface area (Å²) in [4.78, 5) is 16.3. The fourth-order valence-corrected chi connectivity index (χ4v) is 2.33. The first-order chi connectivity index (χ1) is 10.6. The van der Waals surface area contributed by atoms with Gasteiger partial charge in [-0.05, 0) is 43.2 Å². The normalized spacial score (nSPS) is 10.8. The number of hydrogen-bond donors (Lipinski definition) is 1. The van der Waals surface area contributed by atoms with Crippen LogP contribution in [0.2, 0.25) is 0 Å². The molecule has 0 radical (unpaired) electrons. The number of imidazole rings is 1. The second-order valence-electron chi connectivity index (χ2n) is 5.24. The first-order valence-electron chi connectivity index (χ1n) is 7.10. The van der Waals surface area contributed by atoms with Gasteiger partial charge in [-0.1, -0.05) is 12.1 Å². The van der Waals surface area contributed by atoms with Gasteiger partial charge in [0.15, 0.2) is 0 Å². The quantitative estimate of drug-likeness (QED) is 0.802. The van der Waals surface area contributed by atoms with Crippen molar-refractivity contribution in [3.63, 3.8) is 0 Å². The summed E-state index contributed by atoms with van der Waals surface area (Å²) < 4.78 is 14.7. The van der Waals surface area contributed by atoms with Crippen LogP contribution in [-0.2, 0) is 11.2 Å². The van der Waals surface area contributed by atoms with E-state index in [1.54, 1.807) is 12.1 Å². The van der Waals surface area contributed by atoms with E-state index in [1.807, 2.05) is 35.9 Å². The molecule has 0 aliphatic carbocycles. The van der Waals surface area contributed by atoms with Crippen molar-refractivity contribution in [2.24, 2.45) is 0 Å². The molecule has 0 aliphatic heterocycles. The van der Waals surface area contributed by atoms with Crippen LogP contribution in [0.15, 0.2) is 48.8 Å². The number of carbonyl (C=O) groups excluding carboxylic acids is 1. The van der Waals surface area contributed by atoms with E-state index in [-0.39, 0.29) is 11.7 Å². The lowest BCUT2D eigenvalue weighted by Gasteiger charge is -2.06. The molecule has 0 aliphatic rings. The second kappa shape index (κ2) is 5.97. The van der Waals surface area contributed by atoms with Gasteiger partial charge >= 0.3 is 0 Å². The highest BCUT2D eigenvalue weighted by atomic mass is 19.1. The van der Waals surface area contributed by atoms with Crippen LogP contribution in [0, 0.1) is 12.7 Å². The summed E-state index contributed by atoms with van der Waals surface area (Å²) in [5.74, 6) is -0.336. The molecule has 3 aromatic rings. The number of nitrogens with one attached hydrogen (secondary N) is 1. The van der Waals surface area contributed by atoms with E-state index in [4.69, 9.17) is 0 Å². The van der Waals surface area contributed by atoms with Crippen LogP contribution < -0.4 is 5.32 Å². The third-order valence-corrected chi connectivity index (χ3v) is 3.41. The maximum atomic E-state index is 12.8. The minimum atomic E-state index is -0.267. The number of amides is 1. The molecule has 112 valence electrons. The number of nitrogens with zero attached hydrogens (tertiary/aromatic N) is 2. The second-order valence-corrected chi connectivity index (χ2v) is 5.24. The van der Waals surface area contributed by atoms with E-state index < -0.39 is 0 Å². The summed E-state index contributed by atoms with van der Waals surface area (Å²) >= 11 is 0. The molecule has 5 heteroatoms. The van der Waals surface area contributed by atoms with E-state index in [2.05, 4.69) is 10.3 Å². The molecule has 1 aromatic carbocycles. The minimum absolute atomic E-state index is 0.0690. The van der Waals surface area contributed by atoms with Gasteiger partial charge < -0.3 is 9.72 Å². The molecule has 0 atom stereocenters. The van der Waals surface area contributed by atoms with Gasteiger partial charge in [-0.3, -0.25) is 4.79 Å². The zero-order chi connectivity index (χ0) is 15.5. The molecule has 2 heterocycles. The number of rotatable bonds is 4. The zero-order valence-corrected chi connectivity index (χ0v) is 12.2. The summed E-state index contributed by atoms with van der Waals surface area (Å²) in [5.41, 5.74) is 3.45. The number of aromatic nitrogens is 2. The van der Waals surface area contributed by atoms with Crippen molar-refractivity contribution in [1.29, 1.82) is 0 Å². The molecule has 1 N–H and O–H groups in total. The summed E-state index contributed by atoms with van der Waals surface area (Å²) in [6.07, 6.45) is 4.68. The Balaban J connectivity index is 1.61. The summed E-state index contributed by atoms with van der Waals surface area (Å²) in [6, 6.07) is 9.90. The van der Waals surface area contributed by atoms with E-state index >= 15 is 0 Å². The van der Waals surface area contributed by atoms with E-state index in [0.29, 0.717) is 12.8 Å². The number of hydrogen-bond acceptors (Lipinski definition) is 2. The Bertz CT molecular complexity index is 808. The molecular formula is C17H16FN3O. The number of pyridine rings is 1. The molecule has 0 saturated carbocycles. The van der Waals surface area contributed by atoms with E-state index in [0.717, 1.165) is 22.6 Å². The maximum Gasteiger partial charge on any atom is 0.224 e. The number of fused-ring (bicyclic) bond motifs is 1. The topological polar surface area (TPSA) is 46.4 Å². The van der Waals surface area contributed by atoms with Crippen LogP contribution in [0.4, 0.5) is 10.1 Å².